The first kappa shape index (κ1) is 28.3. The summed E-state index contributed by atoms with van der Waals surface area (Å²) < 4.78 is 45.3. The van der Waals surface area contributed by atoms with Gasteiger partial charge >= 0.3 is 0 Å². The van der Waals surface area contributed by atoms with Crippen molar-refractivity contribution in [1.82, 2.24) is 5.32 Å². The third kappa shape index (κ3) is 7.03. The molecule has 0 aliphatic carbocycles. The van der Waals surface area contributed by atoms with E-state index in [2.05, 4.69) is 15.4 Å². The van der Waals surface area contributed by atoms with E-state index < -0.39 is 10.0 Å². The molecule has 0 atom stereocenters. The second kappa shape index (κ2) is 12.9. The summed E-state index contributed by atoms with van der Waals surface area (Å²) in [5.41, 5.74) is 3.07. The molecule has 4 aromatic rings. The number of nitrogens with one attached hydrogen (secondary N) is 3. The Labute approximate surface area is 234 Å². The van der Waals surface area contributed by atoms with Gasteiger partial charge in [0.05, 0.1) is 27.0 Å². The van der Waals surface area contributed by atoms with Crippen LogP contribution >= 0.6 is 0 Å². The summed E-state index contributed by atoms with van der Waals surface area (Å²) in [6, 6.07) is 26.2. The molecule has 0 saturated heterocycles. The molecule has 1 amide bonds. The van der Waals surface area contributed by atoms with Crippen LogP contribution in [-0.4, -0.2) is 48.7 Å². The van der Waals surface area contributed by atoms with E-state index in [4.69, 9.17) is 14.2 Å². The van der Waals surface area contributed by atoms with E-state index in [1.54, 1.807) is 74.9 Å². The molecular formula is C30H31N3O6S. The van der Waals surface area contributed by atoms with Crippen molar-refractivity contribution in [3.8, 4) is 28.4 Å². The van der Waals surface area contributed by atoms with Gasteiger partial charge in [-0.2, -0.15) is 0 Å². The molecule has 0 aliphatic rings. The van der Waals surface area contributed by atoms with E-state index in [9.17, 15) is 13.2 Å². The highest BCUT2D eigenvalue weighted by molar-refractivity contribution is 7.92. The topological polar surface area (TPSA) is 115 Å². The van der Waals surface area contributed by atoms with Gasteiger partial charge in [-0.05, 0) is 71.8 Å². The minimum atomic E-state index is -3.99. The molecule has 4 rings (SSSR count). The minimum Gasteiger partial charge on any atom is -0.497 e. The predicted octanol–water partition coefficient (Wildman–Crippen LogP) is 5.02. The average Bonchev–Trinajstić information content (AvgIpc) is 2.99. The van der Waals surface area contributed by atoms with Gasteiger partial charge in [0.2, 0.25) is 0 Å². The van der Waals surface area contributed by atoms with Crippen molar-refractivity contribution in [1.29, 1.82) is 0 Å². The number of rotatable bonds is 12. The number of carbonyl (C=O) groups excluding carboxylic acids is 1. The van der Waals surface area contributed by atoms with Crippen LogP contribution < -0.4 is 29.6 Å². The van der Waals surface area contributed by atoms with Gasteiger partial charge in [-0.25, -0.2) is 8.42 Å². The van der Waals surface area contributed by atoms with Gasteiger partial charge in [0.25, 0.3) is 15.9 Å². The molecule has 3 N–H and O–H groups in total. The fourth-order valence-corrected chi connectivity index (χ4v) is 5.27. The Bertz CT molecular complexity index is 1590. The Kier molecular flexibility index (Phi) is 9.13. The third-order valence-electron chi connectivity index (χ3n) is 6.04. The molecule has 0 radical (unpaired) electrons. The molecule has 10 heteroatoms. The lowest BCUT2D eigenvalue weighted by molar-refractivity contribution is 0.0955. The normalized spacial score (nSPS) is 10.9. The van der Waals surface area contributed by atoms with Gasteiger partial charge in [-0.1, -0.05) is 30.3 Å². The summed E-state index contributed by atoms with van der Waals surface area (Å²) in [5, 5.41) is 6.04. The van der Waals surface area contributed by atoms with Gasteiger partial charge in [0.15, 0.2) is 0 Å². The lowest BCUT2D eigenvalue weighted by atomic mass is 10.1. The number of anilines is 2. The van der Waals surface area contributed by atoms with Crippen LogP contribution in [0.5, 0.6) is 17.2 Å². The maximum Gasteiger partial charge on any atom is 0.265 e. The van der Waals surface area contributed by atoms with E-state index in [-0.39, 0.29) is 16.6 Å². The van der Waals surface area contributed by atoms with Crippen LogP contribution in [0, 0.1) is 0 Å². The van der Waals surface area contributed by atoms with Gasteiger partial charge in [0.1, 0.15) is 22.1 Å². The number of sulfonamides is 1. The van der Waals surface area contributed by atoms with Crippen molar-refractivity contribution < 1.29 is 27.4 Å². The summed E-state index contributed by atoms with van der Waals surface area (Å²) >= 11 is 0. The van der Waals surface area contributed by atoms with E-state index >= 15 is 0 Å². The molecule has 0 unspecified atom stereocenters. The Morgan fingerprint density at radius 3 is 2.12 bits per heavy atom. The van der Waals surface area contributed by atoms with E-state index in [0.29, 0.717) is 47.1 Å². The third-order valence-corrected chi connectivity index (χ3v) is 7.45. The van der Waals surface area contributed by atoms with E-state index in [1.165, 1.54) is 7.11 Å². The number of ether oxygens (including phenoxy) is 3. The highest BCUT2D eigenvalue weighted by Gasteiger charge is 2.21. The highest BCUT2D eigenvalue weighted by Crippen LogP contribution is 2.32. The van der Waals surface area contributed by atoms with E-state index in [1.807, 2.05) is 30.3 Å². The summed E-state index contributed by atoms with van der Waals surface area (Å²) in [6.07, 6.45) is 0. The van der Waals surface area contributed by atoms with Crippen LogP contribution in [0.3, 0.4) is 0 Å². The van der Waals surface area contributed by atoms with Gasteiger partial charge in [-0.3, -0.25) is 9.52 Å². The fourth-order valence-electron chi connectivity index (χ4n) is 4.02. The molecule has 0 fully saturated rings. The first-order valence-corrected chi connectivity index (χ1v) is 13.9. The molecule has 0 aromatic heterocycles. The SMILES string of the molecule is COc1cccc(C(=O)NCCNc2cccc(NS(=O)(=O)c3cc(-c4cccc(OC)c4)ccc3OC)c2)c1. The van der Waals surface area contributed by atoms with Crippen molar-refractivity contribution in [2.75, 3.05) is 44.5 Å². The van der Waals surface area contributed by atoms with Crippen LogP contribution in [0.4, 0.5) is 11.4 Å². The summed E-state index contributed by atoms with van der Waals surface area (Å²) in [6.45, 7) is 0.794. The standard InChI is InChI=1S/C30H31N3O6S/c1-37-26-11-4-7-21(17-26)22-13-14-28(39-3)29(19-22)40(35,36)33-25-10-6-9-24(20-25)31-15-16-32-30(34)23-8-5-12-27(18-23)38-2/h4-14,17-20,31,33H,15-16H2,1-3H3,(H,32,34). The predicted molar refractivity (Wildman–Crippen MR) is 156 cm³/mol. The minimum absolute atomic E-state index is 0.00827. The van der Waals surface area contributed by atoms with Crippen molar-refractivity contribution in [3.05, 3.63) is 96.6 Å². The number of hydrogen-bond donors (Lipinski definition) is 3. The van der Waals surface area contributed by atoms with Crippen LogP contribution in [0.25, 0.3) is 11.1 Å². The average molecular weight is 562 g/mol. The van der Waals surface area contributed by atoms with Crippen LogP contribution in [0.1, 0.15) is 10.4 Å². The van der Waals surface area contributed by atoms with Gasteiger partial charge in [0, 0.05) is 24.3 Å². The quantitative estimate of drug-likeness (QED) is 0.208. The van der Waals surface area contributed by atoms with Gasteiger partial charge < -0.3 is 24.8 Å². The van der Waals surface area contributed by atoms with Crippen LogP contribution in [0.2, 0.25) is 0 Å². The maximum absolute atomic E-state index is 13.4. The smallest absolute Gasteiger partial charge is 0.265 e. The molecule has 9 nitrogen and oxygen atoms in total. The molecule has 4 aromatic carbocycles. The first-order valence-electron chi connectivity index (χ1n) is 12.4. The van der Waals surface area contributed by atoms with E-state index in [0.717, 1.165) is 5.56 Å². The first-order chi connectivity index (χ1) is 19.3. The number of amides is 1. The molecule has 0 heterocycles. The lowest BCUT2D eigenvalue weighted by Crippen LogP contribution is -2.28. The molecule has 40 heavy (non-hydrogen) atoms. The number of carbonyl (C=O) groups is 1. The van der Waals surface area contributed by atoms with Crippen molar-refractivity contribution >= 4 is 27.3 Å². The van der Waals surface area contributed by atoms with Crippen LogP contribution in [-0.2, 0) is 10.0 Å². The summed E-state index contributed by atoms with van der Waals surface area (Å²) in [5.74, 6) is 1.28. The number of benzene rings is 4. The largest absolute Gasteiger partial charge is 0.497 e. The Morgan fingerprint density at radius 1 is 0.700 bits per heavy atom. The molecule has 0 aliphatic heterocycles. The molecule has 208 valence electrons. The Morgan fingerprint density at radius 2 is 1.38 bits per heavy atom. The highest BCUT2D eigenvalue weighted by atomic mass is 32.2. The zero-order valence-electron chi connectivity index (χ0n) is 22.4. The second-order valence-corrected chi connectivity index (χ2v) is 10.3. The second-order valence-electron chi connectivity index (χ2n) is 8.70. The fraction of sp³-hybridized carbons (Fsp3) is 0.167. The zero-order valence-corrected chi connectivity index (χ0v) is 23.2. The van der Waals surface area contributed by atoms with Crippen molar-refractivity contribution in [3.63, 3.8) is 0 Å². The molecule has 0 spiro atoms. The molecule has 0 bridgehead atoms. The van der Waals surface area contributed by atoms with Crippen LogP contribution in [0.15, 0.2) is 95.9 Å². The van der Waals surface area contributed by atoms with Crippen molar-refractivity contribution in [2.45, 2.75) is 4.90 Å². The number of hydrogen-bond acceptors (Lipinski definition) is 7. The number of methoxy groups -OCH3 is 3. The van der Waals surface area contributed by atoms with Gasteiger partial charge in [-0.15, -0.1) is 0 Å². The zero-order chi connectivity index (χ0) is 28.5. The molecular weight excluding hydrogens is 530 g/mol. The Balaban J connectivity index is 1.43. The monoisotopic (exact) mass is 561 g/mol. The maximum atomic E-state index is 13.4. The Hall–Kier alpha value is -4.70. The lowest BCUT2D eigenvalue weighted by Gasteiger charge is -2.15. The summed E-state index contributed by atoms with van der Waals surface area (Å²) in [4.78, 5) is 12.4. The molecule has 0 saturated carbocycles. The summed E-state index contributed by atoms with van der Waals surface area (Å²) in [7, 11) is 0.559. The van der Waals surface area contributed by atoms with Crippen molar-refractivity contribution in [2.24, 2.45) is 0 Å².